The number of rotatable bonds is 5. The van der Waals surface area contributed by atoms with E-state index in [-0.39, 0.29) is 11.8 Å². The first-order chi connectivity index (χ1) is 14.2. The number of hydrogen-bond acceptors (Lipinski definition) is 3. The number of nitrogens with one attached hydrogen (secondary N) is 1. The summed E-state index contributed by atoms with van der Waals surface area (Å²) in [5.41, 5.74) is 3.33. The molecular weight excluding hydrogens is 364 g/mol. The lowest BCUT2D eigenvalue weighted by atomic mass is 10.1. The smallest absolute Gasteiger partial charge is 0.259 e. The Hall–Kier alpha value is -3.60. The van der Waals surface area contributed by atoms with Gasteiger partial charge < -0.3 is 10.1 Å². The fraction of sp³-hybridized carbons (Fsp3) is 0.167. The van der Waals surface area contributed by atoms with Crippen LogP contribution in [-0.2, 0) is 17.8 Å². The molecule has 0 radical (unpaired) electrons. The molecule has 1 aliphatic heterocycles. The predicted octanol–water partition coefficient (Wildman–Crippen LogP) is 3.58. The van der Waals surface area contributed by atoms with Gasteiger partial charge in [-0.3, -0.25) is 14.5 Å². The molecule has 4 rings (SSSR count). The fourth-order valence-electron chi connectivity index (χ4n) is 3.62. The van der Waals surface area contributed by atoms with Crippen LogP contribution in [-0.4, -0.2) is 25.0 Å². The van der Waals surface area contributed by atoms with Crippen LogP contribution in [0.4, 0.5) is 5.69 Å². The molecule has 0 saturated carbocycles. The summed E-state index contributed by atoms with van der Waals surface area (Å²) in [6.07, 6.45) is 0.503. The third kappa shape index (κ3) is 3.85. The second-order valence-corrected chi connectivity index (χ2v) is 6.96. The van der Waals surface area contributed by atoms with Gasteiger partial charge in [-0.25, -0.2) is 0 Å². The first-order valence-corrected chi connectivity index (χ1v) is 9.54. The van der Waals surface area contributed by atoms with E-state index < -0.39 is 6.04 Å². The summed E-state index contributed by atoms with van der Waals surface area (Å²) in [6, 6.07) is 23.7. The van der Waals surface area contributed by atoms with Gasteiger partial charge in [-0.2, -0.15) is 0 Å². The fourth-order valence-corrected chi connectivity index (χ4v) is 3.62. The number of para-hydroxylation sites is 1. The van der Waals surface area contributed by atoms with Gasteiger partial charge in [0.05, 0.1) is 7.11 Å². The second kappa shape index (κ2) is 8.19. The minimum Gasteiger partial charge on any atom is -0.497 e. The number of hydrogen-bond donors (Lipinski definition) is 1. The van der Waals surface area contributed by atoms with E-state index in [1.54, 1.807) is 24.1 Å². The van der Waals surface area contributed by atoms with Gasteiger partial charge in [-0.15, -0.1) is 0 Å². The molecule has 0 fully saturated rings. The highest BCUT2D eigenvalue weighted by Crippen LogP contribution is 2.33. The lowest BCUT2D eigenvalue weighted by Gasteiger charge is -2.25. The average Bonchev–Trinajstić information content (AvgIpc) is 3.17. The van der Waals surface area contributed by atoms with Crippen LogP contribution in [0, 0.1) is 0 Å². The number of carbonyl (C=O) groups is 2. The summed E-state index contributed by atoms with van der Waals surface area (Å²) in [5, 5.41) is 2.98. The first-order valence-electron chi connectivity index (χ1n) is 9.54. The van der Waals surface area contributed by atoms with Crippen molar-refractivity contribution >= 4 is 17.5 Å². The highest BCUT2D eigenvalue weighted by Gasteiger charge is 2.38. The van der Waals surface area contributed by atoms with Crippen LogP contribution in [0.2, 0.25) is 0 Å². The monoisotopic (exact) mass is 386 g/mol. The van der Waals surface area contributed by atoms with E-state index in [4.69, 9.17) is 4.74 Å². The van der Waals surface area contributed by atoms with Gasteiger partial charge in [0, 0.05) is 24.2 Å². The van der Waals surface area contributed by atoms with Gasteiger partial charge in [0.2, 0.25) is 5.91 Å². The zero-order valence-electron chi connectivity index (χ0n) is 16.2. The van der Waals surface area contributed by atoms with Crippen molar-refractivity contribution in [2.24, 2.45) is 0 Å². The summed E-state index contributed by atoms with van der Waals surface area (Å²) in [5.74, 6) is 0.437. The lowest BCUT2D eigenvalue weighted by molar-refractivity contribution is -0.122. The van der Waals surface area contributed by atoms with Crippen molar-refractivity contribution in [3.05, 3.63) is 95.6 Å². The van der Waals surface area contributed by atoms with Crippen molar-refractivity contribution in [2.45, 2.75) is 19.0 Å². The van der Waals surface area contributed by atoms with E-state index in [0.29, 0.717) is 18.5 Å². The molecule has 1 aliphatic rings. The molecular formula is C24H22N2O3. The van der Waals surface area contributed by atoms with E-state index in [9.17, 15) is 9.59 Å². The molecule has 1 heterocycles. The Morgan fingerprint density at radius 1 is 0.966 bits per heavy atom. The molecule has 0 saturated heterocycles. The Kier molecular flexibility index (Phi) is 5.29. The minimum atomic E-state index is -0.571. The molecule has 5 heteroatoms. The van der Waals surface area contributed by atoms with Crippen LogP contribution in [0.3, 0.4) is 0 Å². The summed E-state index contributed by atoms with van der Waals surface area (Å²) in [6.45, 7) is 0.392. The third-order valence-electron chi connectivity index (χ3n) is 5.14. The van der Waals surface area contributed by atoms with Crippen molar-refractivity contribution in [2.75, 3.05) is 12.0 Å². The number of anilines is 1. The van der Waals surface area contributed by atoms with Crippen molar-refractivity contribution in [1.29, 1.82) is 0 Å². The molecule has 5 nitrogen and oxygen atoms in total. The Morgan fingerprint density at radius 3 is 2.38 bits per heavy atom. The van der Waals surface area contributed by atoms with E-state index in [2.05, 4.69) is 5.32 Å². The number of fused-ring (bicyclic) bond motifs is 1. The number of benzene rings is 3. The van der Waals surface area contributed by atoms with Crippen molar-refractivity contribution in [3.8, 4) is 5.75 Å². The molecule has 29 heavy (non-hydrogen) atoms. The van der Waals surface area contributed by atoms with E-state index in [0.717, 1.165) is 22.6 Å². The lowest BCUT2D eigenvalue weighted by Crippen LogP contribution is -2.48. The zero-order chi connectivity index (χ0) is 20.2. The van der Waals surface area contributed by atoms with Gasteiger partial charge in [0.1, 0.15) is 11.8 Å². The predicted molar refractivity (Wildman–Crippen MR) is 112 cm³/mol. The second-order valence-electron chi connectivity index (χ2n) is 6.96. The van der Waals surface area contributed by atoms with Crippen molar-refractivity contribution < 1.29 is 14.3 Å². The molecule has 146 valence electrons. The summed E-state index contributed by atoms with van der Waals surface area (Å²) >= 11 is 0. The SMILES string of the molecule is COc1ccc(CNC(=O)[C@@H]2Cc3ccccc3N2C(=O)c2ccccc2)cc1. The zero-order valence-corrected chi connectivity index (χ0v) is 16.2. The normalized spacial score (nSPS) is 14.9. The summed E-state index contributed by atoms with van der Waals surface area (Å²) in [4.78, 5) is 27.8. The maximum absolute atomic E-state index is 13.2. The molecule has 1 N–H and O–H groups in total. The first kappa shape index (κ1) is 18.7. The molecule has 0 aromatic heterocycles. The quantitative estimate of drug-likeness (QED) is 0.729. The highest BCUT2D eigenvalue weighted by molar-refractivity contribution is 6.11. The standard InChI is InChI=1S/C24H22N2O3/c1-29-20-13-11-17(12-14-20)16-25-23(27)22-15-19-9-5-6-10-21(19)26(22)24(28)18-7-3-2-4-8-18/h2-14,22H,15-16H2,1H3,(H,25,27)/t22-/m0/s1. The van der Waals surface area contributed by atoms with Crippen molar-refractivity contribution in [1.82, 2.24) is 5.32 Å². The average molecular weight is 386 g/mol. The van der Waals surface area contributed by atoms with Crippen LogP contribution in [0.5, 0.6) is 5.75 Å². The maximum atomic E-state index is 13.2. The van der Waals surface area contributed by atoms with Crippen molar-refractivity contribution in [3.63, 3.8) is 0 Å². The molecule has 0 spiro atoms. The Morgan fingerprint density at radius 2 is 1.66 bits per heavy atom. The number of carbonyl (C=O) groups excluding carboxylic acids is 2. The molecule has 0 unspecified atom stereocenters. The van der Waals surface area contributed by atoms with Crippen LogP contribution in [0.1, 0.15) is 21.5 Å². The van der Waals surface area contributed by atoms with Gasteiger partial charge in [0.15, 0.2) is 0 Å². The number of nitrogens with zero attached hydrogens (tertiary/aromatic N) is 1. The highest BCUT2D eigenvalue weighted by atomic mass is 16.5. The van der Waals surface area contributed by atoms with Crippen LogP contribution in [0.15, 0.2) is 78.9 Å². The van der Waals surface area contributed by atoms with E-state index in [1.165, 1.54) is 0 Å². The summed E-state index contributed by atoms with van der Waals surface area (Å²) in [7, 11) is 1.62. The van der Waals surface area contributed by atoms with Gasteiger partial charge in [-0.1, -0.05) is 48.5 Å². The molecule has 3 aromatic rings. The van der Waals surface area contributed by atoms with Crippen LogP contribution < -0.4 is 15.0 Å². The maximum Gasteiger partial charge on any atom is 0.259 e. The molecule has 2 amide bonds. The number of ether oxygens (including phenoxy) is 1. The van der Waals surface area contributed by atoms with Crippen LogP contribution in [0.25, 0.3) is 0 Å². The van der Waals surface area contributed by atoms with E-state index in [1.807, 2.05) is 66.7 Å². The number of amides is 2. The van der Waals surface area contributed by atoms with E-state index >= 15 is 0 Å². The van der Waals surface area contributed by atoms with Gasteiger partial charge >= 0.3 is 0 Å². The van der Waals surface area contributed by atoms with Gasteiger partial charge in [0.25, 0.3) is 5.91 Å². The minimum absolute atomic E-state index is 0.165. The molecule has 0 aliphatic carbocycles. The summed E-state index contributed by atoms with van der Waals surface area (Å²) < 4.78 is 5.16. The Balaban J connectivity index is 1.54. The third-order valence-corrected chi connectivity index (χ3v) is 5.14. The molecule has 1 atom stereocenters. The number of methoxy groups -OCH3 is 1. The van der Waals surface area contributed by atoms with Gasteiger partial charge in [-0.05, 0) is 41.5 Å². The molecule has 0 bridgehead atoms. The Labute approximate surface area is 169 Å². The molecule has 3 aromatic carbocycles. The van der Waals surface area contributed by atoms with Crippen LogP contribution >= 0.6 is 0 Å². The largest absolute Gasteiger partial charge is 0.497 e. The Bertz CT molecular complexity index is 1020. The topological polar surface area (TPSA) is 58.6 Å².